The van der Waals surface area contributed by atoms with Gasteiger partial charge in [-0.25, -0.2) is 4.98 Å². The van der Waals surface area contributed by atoms with Crippen molar-refractivity contribution in [1.29, 1.82) is 0 Å². The van der Waals surface area contributed by atoms with E-state index in [9.17, 15) is 0 Å². The fourth-order valence-electron chi connectivity index (χ4n) is 1.61. The summed E-state index contributed by atoms with van der Waals surface area (Å²) in [5, 5.41) is 5.24. The molecule has 5 heteroatoms. The molecule has 0 amide bonds. The molecule has 0 unspecified atom stereocenters. The normalized spacial score (nSPS) is 16.6. The van der Waals surface area contributed by atoms with Gasteiger partial charge in [0.15, 0.2) is 0 Å². The highest BCUT2D eigenvalue weighted by atomic mass is 35.5. The zero-order chi connectivity index (χ0) is 11.0. The number of hydrogen-bond donors (Lipinski definition) is 1. The SMILES string of the molecule is Clc1ccc2sc(CNC3COC3)nc2c1. The van der Waals surface area contributed by atoms with Crippen molar-refractivity contribution in [3.8, 4) is 0 Å². The molecule has 84 valence electrons. The molecule has 3 rings (SSSR count). The maximum Gasteiger partial charge on any atom is 0.108 e. The van der Waals surface area contributed by atoms with Crippen LogP contribution in [0.5, 0.6) is 0 Å². The summed E-state index contributed by atoms with van der Waals surface area (Å²) in [5.41, 5.74) is 0.985. The number of rotatable bonds is 3. The Bertz CT molecular complexity index is 510. The lowest BCUT2D eigenvalue weighted by Gasteiger charge is -2.26. The molecule has 1 aliphatic rings. The molecule has 16 heavy (non-hydrogen) atoms. The van der Waals surface area contributed by atoms with Gasteiger partial charge in [0.25, 0.3) is 0 Å². The van der Waals surface area contributed by atoms with E-state index in [1.807, 2.05) is 18.2 Å². The number of nitrogens with zero attached hydrogens (tertiary/aromatic N) is 1. The van der Waals surface area contributed by atoms with Crippen molar-refractivity contribution in [3.63, 3.8) is 0 Å². The van der Waals surface area contributed by atoms with Gasteiger partial charge in [0.1, 0.15) is 5.01 Å². The van der Waals surface area contributed by atoms with Crippen LogP contribution in [0.4, 0.5) is 0 Å². The fourth-order valence-corrected chi connectivity index (χ4v) is 2.67. The highest BCUT2D eigenvalue weighted by molar-refractivity contribution is 7.18. The van der Waals surface area contributed by atoms with Gasteiger partial charge in [0, 0.05) is 11.6 Å². The summed E-state index contributed by atoms with van der Waals surface area (Å²) in [6.45, 7) is 2.44. The highest BCUT2D eigenvalue weighted by Crippen LogP contribution is 2.24. The molecular weight excluding hydrogens is 244 g/mol. The van der Waals surface area contributed by atoms with Crippen molar-refractivity contribution in [2.45, 2.75) is 12.6 Å². The lowest BCUT2D eigenvalue weighted by atomic mass is 10.2. The van der Waals surface area contributed by atoms with Crippen LogP contribution < -0.4 is 5.32 Å². The molecule has 1 aromatic heterocycles. The average Bonchev–Trinajstić information content (AvgIpc) is 2.57. The van der Waals surface area contributed by atoms with E-state index in [0.29, 0.717) is 6.04 Å². The lowest BCUT2D eigenvalue weighted by molar-refractivity contribution is -0.00578. The number of aromatic nitrogens is 1. The zero-order valence-corrected chi connectivity index (χ0v) is 10.1. The Balaban J connectivity index is 1.76. The molecule has 2 heterocycles. The summed E-state index contributed by atoms with van der Waals surface area (Å²) in [6, 6.07) is 6.32. The van der Waals surface area contributed by atoms with Crippen LogP contribution in [0.15, 0.2) is 18.2 Å². The largest absolute Gasteiger partial charge is 0.378 e. The summed E-state index contributed by atoms with van der Waals surface area (Å²) >= 11 is 7.63. The summed E-state index contributed by atoms with van der Waals surface area (Å²) < 4.78 is 6.29. The first kappa shape index (κ1) is 10.5. The Morgan fingerprint density at radius 2 is 2.38 bits per heavy atom. The number of thiazole rings is 1. The summed E-state index contributed by atoms with van der Waals surface area (Å²) in [5.74, 6) is 0. The molecule has 0 bridgehead atoms. The molecule has 0 radical (unpaired) electrons. The third kappa shape index (κ3) is 2.06. The number of fused-ring (bicyclic) bond motifs is 1. The van der Waals surface area contributed by atoms with Gasteiger partial charge < -0.3 is 10.1 Å². The number of hydrogen-bond acceptors (Lipinski definition) is 4. The van der Waals surface area contributed by atoms with Crippen LogP contribution in [-0.2, 0) is 11.3 Å². The minimum Gasteiger partial charge on any atom is -0.378 e. The standard InChI is InChI=1S/C11H11ClN2OS/c12-7-1-2-10-9(3-7)14-11(16-10)4-13-8-5-15-6-8/h1-3,8,13H,4-6H2. The van der Waals surface area contributed by atoms with Crippen molar-refractivity contribution in [2.24, 2.45) is 0 Å². The lowest BCUT2D eigenvalue weighted by Crippen LogP contribution is -2.45. The number of halogens is 1. The van der Waals surface area contributed by atoms with Gasteiger partial charge in [-0.3, -0.25) is 0 Å². The zero-order valence-electron chi connectivity index (χ0n) is 8.57. The predicted molar refractivity (Wildman–Crippen MR) is 66.1 cm³/mol. The van der Waals surface area contributed by atoms with Crippen LogP contribution in [0.2, 0.25) is 5.02 Å². The topological polar surface area (TPSA) is 34.1 Å². The molecule has 0 saturated carbocycles. The van der Waals surface area contributed by atoms with E-state index >= 15 is 0 Å². The number of ether oxygens (including phenoxy) is 1. The number of nitrogens with one attached hydrogen (secondary N) is 1. The first-order chi connectivity index (χ1) is 7.81. The van der Waals surface area contributed by atoms with Gasteiger partial charge in [-0.1, -0.05) is 11.6 Å². The Labute approximate surface area is 102 Å². The molecule has 0 atom stereocenters. The third-order valence-electron chi connectivity index (χ3n) is 2.57. The predicted octanol–water partition coefficient (Wildman–Crippen LogP) is 2.44. The molecule has 1 aliphatic heterocycles. The van der Waals surface area contributed by atoms with E-state index in [1.54, 1.807) is 11.3 Å². The second kappa shape index (κ2) is 4.30. The van der Waals surface area contributed by atoms with Crippen LogP contribution in [0.3, 0.4) is 0 Å². The number of benzene rings is 1. The van der Waals surface area contributed by atoms with Gasteiger partial charge in [0.05, 0.1) is 29.5 Å². The van der Waals surface area contributed by atoms with Gasteiger partial charge in [0.2, 0.25) is 0 Å². The van der Waals surface area contributed by atoms with Crippen LogP contribution in [0.1, 0.15) is 5.01 Å². The first-order valence-corrected chi connectivity index (χ1v) is 6.37. The Hall–Kier alpha value is -0.680. The monoisotopic (exact) mass is 254 g/mol. The molecule has 1 fully saturated rings. The van der Waals surface area contributed by atoms with E-state index in [1.165, 1.54) is 4.70 Å². The summed E-state index contributed by atoms with van der Waals surface area (Å²) in [4.78, 5) is 4.53. The van der Waals surface area contributed by atoms with Gasteiger partial charge in [-0.2, -0.15) is 0 Å². The van der Waals surface area contributed by atoms with Crippen LogP contribution in [0, 0.1) is 0 Å². The van der Waals surface area contributed by atoms with E-state index < -0.39 is 0 Å². The van der Waals surface area contributed by atoms with Gasteiger partial charge in [-0.15, -0.1) is 11.3 Å². The molecule has 0 aliphatic carbocycles. The van der Waals surface area contributed by atoms with Crippen LogP contribution in [-0.4, -0.2) is 24.2 Å². The van der Waals surface area contributed by atoms with Crippen molar-refractivity contribution in [1.82, 2.24) is 10.3 Å². The van der Waals surface area contributed by atoms with Gasteiger partial charge >= 0.3 is 0 Å². The second-order valence-electron chi connectivity index (χ2n) is 3.83. The highest BCUT2D eigenvalue weighted by Gasteiger charge is 2.17. The van der Waals surface area contributed by atoms with Crippen molar-refractivity contribution in [2.75, 3.05) is 13.2 Å². The average molecular weight is 255 g/mol. The molecule has 1 aromatic carbocycles. The Morgan fingerprint density at radius 1 is 1.50 bits per heavy atom. The Morgan fingerprint density at radius 3 is 3.12 bits per heavy atom. The van der Waals surface area contributed by atoms with Crippen molar-refractivity contribution in [3.05, 3.63) is 28.2 Å². The van der Waals surface area contributed by atoms with E-state index in [-0.39, 0.29) is 0 Å². The molecular formula is C11H11ClN2OS. The minimum atomic E-state index is 0.496. The molecule has 1 saturated heterocycles. The molecule has 2 aromatic rings. The van der Waals surface area contributed by atoms with Gasteiger partial charge in [-0.05, 0) is 18.2 Å². The maximum atomic E-state index is 5.92. The summed E-state index contributed by atoms with van der Waals surface area (Å²) in [7, 11) is 0. The van der Waals surface area contributed by atoms with Crippen LogP contribution >= 0.6 is 22.9 Å². The molecule has 0 spiro atoms. The second-order valence-corrected chi connectivity index (χ2v) is 5.39. The Kier molecular flexibility index (Phi) is 2.81. The van der Waals surface area contributed by atoms with Crippen LogP contribution in [0.25, 0.3) is 10.2 Å². The fraction of sp³-hybridized carbons (Fsp3) is 0.364. The van der Waals surface area contributed by atoms with E-state index in [4.69, 9.17) is 16.3 Å². The van der Waals surface area contributed by atoms with Crippen molar-refractivity contribution < 1.29 is 4.74 Å². The van der Waals surface area contributed by atoms with E-state index in [2.05, 4.69) is 10.3 Å². The minimum absolute atomic E-state index is 0.496. The third-order valence-corrected chi connectivity index (χ3v) is 3.85. The first-order valence-electron chi connectivity index (χ1n) is 5.17. The van der Waals surface area contributed by atoms with Crippen molar-refractivity contribution >= 4 is 33.2 Å². The smallest absolute Gasteiger partial charge is 0.108 e. The summed E-state index contributed by atoms with van der Waals surface area (Å²) in [6.07, 6.45) is 0. The molecule has 3 nitrogen and oxygen atoms in total. The maximum absolute atomic E-state index is 5.92. The molecule has 1 N–H and O–H groups in total. The quantitative estimate of drug-likeness (QED) is 0.914. The van der Waals surface area contributed by atoms with E-state index in [0.717, 1.165) is 35.3 Å².